The van der Waals surface area contributed by atoms with Crippen LogP contribution in [0, 0.1) is 10.5 Å². The molecule has 92 valence electrons. The highest BCUT2D eigenvalue weighted by molar-refractivity contribution is 14.1. The number of hydrogen-bond acceptors (Lipinski definition) is 1. The fourth-order valence-electron chi connectivity index (χ4n) is 1.70. The summed E-state index contributed by atoms with van der Waals surface area (Å²) < 4.78 is 1.06. The number of carbonyl (C=O) groups is 1. The van der Waals surface area contributed by atoms with Gasteiger partial charge in [-0.25, -0.2) is 0 Å². The molecule has 0 heterocycles. The molecule has 3 heteroatoms. The summed E-state index contributed by atoms with van der Waals surface area (Å²) in [7, 11) is 0. The lowest BCUT2D eigenvalue weighted by molar-refractivity contribution is -0.115. The lowest BCUT2D eigenvalue weighted by Gasteiger charge is -2.08. The number of aryl methyl sites for hydroxylation is 1. The summed E-state index contributed by atoms with van der Waals surface area (Å²) in [5, 5.41) is 2.94. The van der Waals surface area contributed by atoms with E-state index in [2.05, 4.69) is 34.0 Å². The predicted octanol–water partition coefficient (Wildman–Crippen LogP) is 3.78. The summed E-state index contributed by atoms with van der Waals surface area (Å²) in [6.45, 7) is 2.04. The Hall–Kier alpha value is -1.36. The first-order chi connectivity index (χ1) is 8.65. The van der Waals surface area contributed by atoms with Crippen LogP contribution in [0.5, 0.6) is 0 Å². The van der Waals surface area contributed by atoms with E-state index in [-0.39, 0.29) is 5.91 Å². The molecule has 0 aliphatic carbocycles. The average Bonchev–Trinajstić information content (AvgIpc) is 2.34. The molecule has 0 saturated heterocycles. The number of rotatable bonds is 3. The van der Waals surface area contributed by atoms with Crippen molar-refractivity contribution in [1.29, 1.82) is 0 Å². The smallest absolute Gasteiger partial charge is 0.228 e. The van der Waals surface area contributed by atoms with Crippen LogP contribution >= 0.6 is 22.6 Å². The molecular weight excluding hydrogens is 337 g/mol. The summed E-state index contributed by atoms with van der Waals surface area (Å²) in [5.74, 6) is 0.0166. The molecule has 2 aromatic carbocycles. The minimum absolute atomic E-state index is 0.0166. The molecule has 0 fully saturated rings. The van der Waals surface area contributed by atoms with Gasteiger partial charge in [0.1, 0.15) is 0 Å². The fourth-order valence-corrected chi connectivity index (χ4v) is 2.50. The van der Waals surface area contributed by atoms with Crippen LogP contribution in [0.3, 0.4) is 0 Å². The van der Waals surface area contributed by atoms with Crippen LogP contribution < -0.4 is 5.32 Å². The Morgan fingerprint density at radius 2 is 1.89 bits per heavy atom. The van der Waals surface area contributed by atoms with E-state index in [1.54, 1.807) is 0 Å². The minimum atomic E-state index is 0.0166. The molecule has 1 N–H and O–H groups in total. The second kappa shape index (κ2) is 6.00. The Morgan fingerprint density at radius 3 is 2.56 bits per heavy atom. The van der Waals surface area contributed by atoms with Crippen molar-refractivity contribution < 1.29 is 4.79 Å². The van der Waals surface area contributed by atoms with Gasteiger partial charge in [0.25, 0.3) is 0 Å². The van der Waals surface area contributed by atoms with Crippen LogP contribution in [-0.2, 0) is 11.2 Å². The van der Waals surface area contributed by atoms with Crippen molar-refractivity contribution in [2.45, 2.75) is 13.3 Å². The van der Waals surface area contributed by atoms with Gasteiger partial charge in [-0.15, -0.1) is 0 Å². The van der Waals surface area contributed by atoms with Crippen molar-refractivity contribution >= 4 is 34.2 Å². The number of benzene rings is 2. The molecule has 2 nitrogen and oxygen atoms in total. The molecule has 0 aliphatic rings. The Kier molecular flexibility index (Phi) is 4.36. The average molecular weight is 351 g/mol. The van der Waals surface area contributed by atoms with Gasteiger partial charge in [0.05, 0.1) is 12.1 Å². The molecule has 0 spiro atoms. The molecule has 1 amide bonds. The van der Waals surface area contributed by atoms with Gasteiger partial charge in [0.2, 0.25) is 5.91 Å². The van der Waals surface area contributed by atoms with E-state index in [0.29, 0.717) is 6.42 Å². The van der Waals surface area contributed by atoms with Crippen LogP contribution in [0.15, 0.2) is 48.5 Å². The summed E-state index contributed by atoms with van der Waals surface area (Å²) in [6.07, 6.45) is 0.408. The number of nitrogens with one attached hydrogen (secondary N) is 1. The number of amides is 1. The van der Waals surface area contributed by atoms with E-state index in [4.69, 9.17) is 0 Å². The Balaban J connectivity index is 2.03. The molecule has 0 radical (unpaired) electrons. The molecule has 0 unspecified atom stereocenters. The first-order valence-corrected chi connectivity index (χ1v) is 6.83. The molecule has 2 aromatic rings. The van der Waals surface area contributed by atoms with Crippen LogP contribution in [0.25, 0.3) is 0 Å². The lowest BCUT2D eigenvalue weighted by Crippen LogP contribution is -2.15. The predicted molar refractivity (Wildman–Crippen MR) is 82.7 cm³/mol. The molecule has 0 atom stereocenters. The van der Waals surface area contributed by atoms with Gasteiger partial charge in [-0.3, -0.25) is 4.79 Å². The van der Waals surface area contributed by atoms with Crippen molar-refractivity contribution in [2.24, 2.45) is 0 Å². The van der Waals surface area contributed by atoms with Gasteiger partial charge < -0.3 is 5.32 Å². The fraction of sp³-hybridized carbons (Fsp3) is 0.133. The maximum atomic E-state index is 11.9. The van der Waals surface area contributed by atoms with Gasteiger partial charge in [-0.1, -0.05) is 36.4 Å². The zero-order valence-corrected chi connectivity index (χ0v) is 12.3. The van der Waals surface area contributed by atoms with Crippen LogP contribution in [0.2, 0.25) is 0 Å². The van der Waals surface area contributed by atoms with Gasteiger partial charge >= 0.3 is 0 Å². The van der Waals surface area contributed by atoms with E-state index in [1.165, 1.54) is 5.56 Å². The molecule has 18 heavy (non-hydrogen) atoms. The number of hydrogen-bond donors (Lipinski definition) is 1. The van der Waals surface area contributed by atoms with Crippen LogP contribution in [0.4, 0.5) is 5.69 Å². The monoisotopic (exact) mass is 351 g/mol. The molecule has 0 saturated carbocycles. The van der Waals surface area contributed by atoms with Crippen LogP contribution in [-0.4, -0.2) is 5.91 Å². The summed E-state index contributed by atoms with van der Waals surface area (Å²) in [4.78, 5) is 11.9. The topological polar surface area (TPSA) is 29.1 Å². The van der Waals surface area contributed by atoms with Crippen molar-refractivity contribution in [3.63, 3.8) is 0 Å². The third kappa shape index (κ3) is 3.57. The highest BCUT2D eigenvalue weighted by Crippen LogP contribution is 2.19. The zero-order chi connectivity index (χ0) is 13.0. The molecule has 0 bridgehead atoms. The molecule has 0 aromatic heterocycles. The van der Waals surface area contributed by atoms with Gasteiger partial charge in [-0.05, 0) is 52.8 Å². The van der Waals surface area contributed by atoms with E-state index < -0.39 is 0 Å². The Morgan fingerprint density at radius 1 is 1.17 bits per heavy atom. The van der Waals surface area contributed by atoms with Crippen molar-refractivity contribution in [2.75, 3.05) is 5.32 Å². The normalized spacial score (nSPS) is 10.1. The third-order valence-corrected chi connectivity index (χ3v) is 3.50. The zero-order valence-electron chi connectivity index (χ0n) is 10.1. The highest BCUT2D eigenvalue weighted by atomic mass is 127. The SMILES string of the molecule is Cc1ccc(NC(=O)Cc2ccccc2)c(I)c1. The maximum Gasteiger partial charge on any atom is 0.228 e. The second-order valence-electron chi connectivity index (χ2n) is 4.19. The lowest BCUT2D eigenvalue weighted by atomic mass is 10.1. The van der Waals surface area contributed by atoms with Crippen molar-refractivity contribution in [1.82, 2.24) is 0 Å². The van der Waals surface area contributed by atoms with E-state index >= 15 is 0 Å². The van der Waals surface area contributed by atoms with Gasteiger partial charge in [0, 0.05) is 3.57 Å². The summed E-state index contributed by atoms with van der Waals surface area (Å²) in [5.41, 5.74) is 3.10. The largest absolute Gasteiger partial charge is 0.325 e. The minimum Gasteiger partial charge on any atom is -0.325 e. The maximum absolute atomic E-state index is 11.9. The number of halogens is 1. The first-order valence-electron chi connectivity index (χ1n) is 5.75. The Labute approximate surface area is 121 Å². The molecule has 2 rings (SSSR count). The number of carbonyl (C=O) groups excluding carboxylic acids is 1. The van der Waals surface area contributed by atoms with E-state index in [1.807, 2.05) is 49.4 Å². The van der Waals surface area contributed by atoms with E-state index in [0.717, 1.165) is 14.8 Å². The standard InChI is InChI=1S/C15H14INO/c1-11-7-8-14(13(16)9-11)17-15(18)10-12-5-3-2-4-6-12/h2-9H,10H2,1H3,(H,17,18). The van der Waals surface area contributed by atoms with Crippen molar-refractivity contribution in [3.8, 4) is 0 Å². The van der Waals surface area contributed by atoms with E-state index in [9.17, 15) is 4.79 Å². The Bertz CT molecular complexity index is 552. The van der Waals surface area contributed by atoms with Gasteiger partial charge in [0.15, 0.2) is 0 Å². The quantitative estimate of drug-likeness (QED) is 0.838. The summed E-state index contributed by atoms with van der Waals surface area (Å²) >= 11 is 2.24. The van der Waals surface area contributed by atoms with Crippen molar-refractivity contribution in [3.05, 3.63) is 63.2 Å². The second-order valence-corrected chi connectivity index (χ2v) is 5.36. The first kappa shape index (κ1) is 13.1. The molecule has 0 aliphatic heterocycles. The van der Waals surface area contributed by atoms with Crippen LogP contribution in [0.1, 0.15) is 11.1 Å². The summed E-state index contributed by atoms with van der Waals surface area (Å²) in [6, 6.07) is 15.7. The highest BCUT2D eigenvalue weighted by Gasteiger charge is 2.06. The third-order valence-electron chi connectivity index (χ3n) is 2.61. The molecular formula is C15H14INO. The number of anilines is 1. The van der Waals surface area contributed by atoms with Gasteiger partial charge in [-0.2, -0.15) is 0 Å².